The zero-order valence-corrected chi connectivity index (χ0v) is 19.2. The van der Waals surface area contributed by atoms with Crippen LogP contribution in [0.2, 0.25) is 0 Å². The van der Waals surface area contributed by atoms with Gasteiger partial charge in [0.05, 0.1) is 5.75 Å². The minimum atomic E-state index is -0.0880. The van der Waals surface area contributed by atoms with Gasteiger partial charge in [-0.15, -0.1) is 11.8 Å². The molecule has 0 aromatic heterocycles. The fourth-order valence-electron chi connectivity index (χ4n) is 3.60. The Labute approximate surface area is 184 Å². The summed E-state index contributed by atoms with van der Waals surface area (Å²) in [4.78, 5) is 26.7. The number of anilines is 2. The molecule has 2 amide bonds. The summed E-state index contributed by atoms with van der Waals surface area (Å²) in [5, 5.41) is 2.91. The van der Waals surface area contributed by atoms with Crippen molar-refractivity contribution in [3.63, 3.8) is 0 Å². The van der Waals surface area contributed by atoms with Crippen LogP contribution in [0.4, 0.5) is 11.4 Å². The SMILES string of the molecule is CCCCCC(=O)Nc1cccc([C@H]2SCC(=O)N2c2ccc(C(C)(C)C)cc2)c1. The molecule has 1 atom stereocenters. The molecule has 1 aliphatic heterocycles. The number of rotatable bonds is 7. The summed E-state index contributed by atoms with van der Waals surface area (Å²) in [7, 11) is 0. The third-order valence-electron chi connectivity index (χ3n) is 5.34. The van der Waals surface area contributed by atoms with Crippen molar-refractivity contribution >= 4 is 35.0 Å². The first-order chi connectivity index (χ1) is 14.3. The number of nitrogens with one attached hydrogen (secondary N) is 1. The van der Waals surface area contributed by atoms with E-state index >= 15 is 0 Å². The van der Waals surface area contributed by atoms with Gasteiger partial charge in [-0.3, -0.25) is 14.5 Å². The average molecular weight is 425 g/mol. The number of thioether (sulfide) groups is 1. The highest BCUT2D eigenvalue weighted by Crippen LogP contribution is 2.42. The normalized spacial score (nSPS) is 16.7. The number of unbranched alkanes of at least 4 members (excludes halogenated alkanes) is 2. The van der Waals surface area contributed by atoms with Crippen molar-refractivity contribution in [2.24, 2.45) is 0 Å². The highest BCUT2D eigenvalue weighted by Gasteiger charge is 2.34. The van der Waals surface area contributed by atoms with Gasteiger partial charge in [-0.05, 0) is 47.2 Å². The van der Waals surface area contributed by atoms with Gasteiger partial charge in [-0.2, -0.15) is 0 Å². The van der Waals surface area contributed by atoms with Crippen molar-refractivity contribution in [2.45, 2.75) is 64.2 Å². The molecular formula is C25H32N2O2S. The molecule has 1 saturated heterocycles. The van der Waals surface area contributed by atoms with Crippen LogP contribution in [-0.4, -0.2) is 17.6 Å². The van der Waals surface area contributed by atoms with Crippen molar-refractivity contribution < 1.29 is 9.59 Å². The maximum atomic E-state index is 12.7. The molecule has 30 heavy (non-hydrogen) atoms. The van der Waals surface area contributed by atoms with Gasteiger partial charge in [-0.25, -0.2) is 0 Å². The summed E-state index contributed by atoms with van der Waals surface area (Å²) >= 11 is 1.62. The van der Waals surface area contributed by atoms with Crippen molar-refractivity contribution in [2.75, 3.05) is 16.0 Å². The Kier molecular flexibility index (Phi) is 7.24. The Morgan fingerprint density at radius 2 is 1.87 bits per heavy atom. The maximum absolute atomic E-state index is 12.7. The largest absolute Gasteiger partial charge is 0.326 e. The van der Waals surface area contributed by atoms with Crippen molar-refractivity contribution in [1.29, 1.82) is 0 Å². The van der Waals surface area contributed by atoms with E-state index in [0.717, 1.165) is 36.2 Å². The third kappa shape index (κ3) is 5.45. The van der Waals surface area contributed by atoms with Crippen molar-refractivity contribution in [3.8, 4) is 0 Å². The Hall–Kier alpha value is -2.27. The van der Waals surface area contributed by atoms with Crippen LogP contribution in [0.5, 0.6) is 0 Å². The number of hydrogen-bond donors (Lipinski definition) is 1. The molecule has 0 aliphatic carbocycles. The zero-order valence-electron chi connectivity index (χ0n) is 18.4. The van der Waals surface area contributed by atoms with Crippen LogP contribution in [0.25, 0.3) is 0 Å². The second-order valence-electron chi connectivity index (χ2n) is 8.85. The monoisotopic (exact) mass is 424 g/mol. The summed E-state index contributed by atoms with van der Waals surface area (Å²) in [5.41, 5.74) is 4.05. The summed E-state index contributed by atoms with van der Waals surface area (Å²) in [6.07, 6.45) is 3.62. The molecule has 1 heterocycles. The summed E-state index contributed by atoms with van der Waals surface area (Å²) in [6, 6.07) is 16.2. The van der Waals surface area contributed by atoms with Gasteiger partial charge >= 0.3 is 0 Å². The maximum Gasteiger partial charge on any atom is 0.238 e. The summed E-state index contributed by atoms with van der Waals surface area (Å²) < 4.78 is 0. The molecule has 2 aromatic carbocycles. The molecule has 3 rings (SSSR count). The van der Waals surface area contributed by atoms with Crippen LogP contribution < -0.4 is 10.2 Å². The van der Waals surface area contributed by atoms with E-state index in [1.807, 2.05) is 41.3 Å². The van der Waals surface area contributed by atoms with Crippen molar-refractivity contribution in [3.05, 3.63) is 59.7 Å². The molecule has 0 radical (unpaired) electrons. The van der Waals surface area contributed by atoms with Crippen LogP contribution in [0.1, 0.15) is 69.9 Å². The second-order valence-corrected chi connectivity index (χ2v) is 9.92. The summed E-state index contributed by atoms with van der Waals surface area (Å²) in [5.74, 6) is 0.618. The van der Waals surface area contributed by atoms with E-state index in [2.05, 4.69) is 45.1 Å². The molecule has 1 N–H and O–H groups in total. The highest BCUT2D eigenvalue weighted by molar-refractivity contribution is 8.00. The minimum absolute atomic E-state index is 0.0466. The van der Waals surface area contributed by atoms with E-state index < -0.39 is 0 Å². The first kappa shape index (κ1) is 22.4. The second kappa shape index (κ2) is 9.69. The molecular weight excluding hydrogens is 392 g/mol. The molecule has 0 unspecified atom stereocenters. The Balaban J connectivity index is 1.77. The van der Waals surface area contributed by atoms with Gasteiger partial charge in [-0.1, -0.05) is 64.8 Å². The van der Waals surface area contributed by atoms with Crippen LogP contribution in [0.15, 0.2) is 48.5 Å². The number of nitrogens with zero attached hydrogens (tertiary/aromatic N) is 1. The minimum Gasteiger partial charge on any atom is -0.326 e. The van der Waals surface area contributed by atoms with Gasteiger partial charge in [0, 0.05) is 17.8 Å². The molecule has 2 aromatic rings. The average Bonchev–Trinajstić information content (AvgIpc) is 3.09. The lowest BCUT2D eigenvalue weighted by Gasteiger charge is -2.26. The molecule has 1 fully saturated rings. The van der Waals surface area contributed by atoms with E-state index in [1.54, 1.807) is 11.8 Å². The van der Waals surface area contributed by atoms with Gasteiger partial charge in [0.15, 0.2) is 0 Å². The van der Waals surface area contributed by atoms with Crippen LogP contribution in [0, 0.1) is 0 Å². The lowest BCUT2D eigenvalue weighted by Crippen LogP contribution is -2.28. The Morgan fingerprint density at radius 1 is 1.13 bits per heavy atom. The summed E-state index contributed by atoms with van der Waals surface area (Å²) in [6.45, 7) is 8.68. The van der Waals surface area contributed by atoms with Gasteiger partial charge in [0.2, 0.25) is 11.8 Å². The quantitative estimate of drug-likeness (QED) is 0.532. The first-order valence-electron chi connectivity index (χ1n) is 10.7. The predicted octanol–water partition coefficient (Wildman–Crippen LogP) is 6.28. The van der Waals surface area contributed by atoms with E-state index in [1.165, 1.54) is 5.56 Å². The number of hydrogen-bond acceptors (Lipinski definition) is 3. The van der Waals surface area contributed by atoms with Crippen LogP contribution in [-0.2, 0) is 15.0 Å². The fourth-order valence-corrected chi connectivity index (χ4v) is 4.77. The first-order valence-corrected chi connectivity index (χ1v) is 11.8. The lowest BCUT2D eigenvalue weighted by atomic mass is 9.87. The highest BCUT2D eigenvalue weighted by atomic mass is 32.2. The van der Waals surface area contributed by atoms with Crippen LogP contribution >= 0.6 is 11.8 Å². The van der Waals surface area contributed by atoms with Gasteiger partial charge < -0.3 is 5.32 Å². The lowest BCUT2D eigenvalue weighted by molar-refractivity contribution is -0.117. The van der Waals surface area contributed by atoms with Gasteiger partial charge in [0.25, 0.3) is 0 Å². The molecule has 0 saturated carbocycles. The zero-order chi connectivity index (χ0) is 21.7. The van der Waals surface area contributed by atoms with E-state index in [0.29, 0.717) is 12.2 Å². The molecule has 4 nitrogen and oxygen atoms in total. The van der Waals surface area contributed by atoms with E-state index in [4.69, 9.17) is 0 Å². The fraction of sp³-hybridized carbons (Fsp3) is 0.440. The number of benzene rings is 2. The van der Waals surface area contributed by atoms with Crippen molar-refractivity contribution in [1.82, 2.24) is 0 Å². The van der Waals surface area contributed by atoms with Crippen LogP contribution in [0.3, 0.4) is 0 Å². The topological polar surface area (TPSA) is 49.4 Å². The number of carbonyl (C=O) groups is 2. The third-order valence-corrected chi connectivity index (χ3v) is 6.55. The molecule has 0 spiro atoms. The molecule has 5 heteroatoms. The van der Waals surface area contributed by atoms with Gasteiger partial charge in [0.1, 0.15) is 5.37 Å². The Bertz CT molecular complexity index is 887. The van der Waals surface area contributed by atoms with E-state index in [-0.39, 0.29) is 22.6 Å². The van der Waals surface area contributed by atoms with E-state index in [9.17, 15) is 9.59 Å². The molecule has 0 bridgehead atoms. The predicted molar refractivity (Wildman–Crippen MR) is 127 cm³/mol. The smallest absolute Gasteiger partial charge is 0.238 e. The molecule has 160 valence electrons. The number of carbonyl (C=O) groups excluding carboxylic acids is 2. The standard InChI is InChI=1S/C25H32N2O2S/c1-5-6-7-11-22(28)26-20-10-8-9-18(16-20)24-27(23(29)17-30-24)21-14-12-19(13-15-21)25(2,3)4/h8-10,12-16,24H,5-7,11,17H2,1-4H3,(H,26,28)/t24-/m1/s1. The Morgan fingerprint density at radius 3 is 2.53 bits per heavy atom. The molecule has 1 aliphatic rings. The number of amides is 2.